The zero-order chi connectivity index (χ0) is 21.5. The van der Waals surface area contributed by atoms with E-state index in [0.29, 0.717) is 30.9 Å². The molecule has 1 aromatic carbocycles. The summed E-state index contributed by atoms with van der Waals surface area (Å²) >= 11 is 6.24. The van der Waals surface area contributed by atoms with Crippen molar-refractivity contribution < 1.29 is 18.3 Å². The number of carboxylic acids is 1. The van der Waals surface area contributed by atoms with Crippen LogP contribution in [0.4, 0.5) is 5.82 Å². The number of hydrogen-bond acceptors (Lipinski definition) is 5. The number of rotatable bonds is 5. The number of carboxylic acid groups (broad SMARTS) is 1. The fourth-order valence-corrected chi connectivity index (χ4v) is 6.85. The molecule has 1 saturated heterocycles. The second-order valence-corrected chi connectivity index (χ2v) is 10.4. The highest BCUT2D eigenvalue weighted by Gasteiger charge is 2.40. The number of anilines is 1. The molecule has 4 rings (SSSR count). The summed E-state index contributed by atoms with van der Waals surface area (Å²) in [5.41, 5.74) is 0.381. The number of halogens is 1. The molecule has 2 heterocycles. The summed E-state index contributed by atoms with van der Waals surface area (Å²) in [7, 11) is -3.99. The molecular formula is C21H26ClN3O4S. The summed E-state index contributed by atoms with van der Waals surface area (Å²) < 4.78 is 29.2. The van der Waals surface area contributed by atoms with Gasteiger partial charge in [-0.25, -0.2) is 17.9 Å². The third-order valence-electron chi connectivity index (χ3n) is 6.13. The molecule has 1 aliphatic carbocycles. The summed E-state index contributed by atoms with van der Waals surface area (Å²) in [6, 6.07) is 5.65. The molecule has 7 nitrogen and oxygen atoms in total. The summed E-state index contributed by atoms with van der Waals surface area (Å²) in [5, 5.41) is 14.6. The van der Waals surface area contributed by atoms with Crippen molar-refractivity contribution in [2.45, 2.75) is 73.7 Å². The third kappa shape index (κ3) is 3.60. The van der Waals surface area contributed by atoms with Crippen molar-refractivity contribution in [2.24, 2.45) is 0 Å². The maximum absolute atomic E-state index is 13.7. The van der Waals surface area contributed by atoms with E-state index in [2.05, 4.69) is 5.10 Å². The van der Waals surface area contributed by atoms with Crippen LogP contribution in [0.2, 0.25) is 5.02 Å². The highest BCUT2D eigenvalue weighted by Crippen LogP contribution is 2.42. The molecule has 0 radical (unpaired) electrons. The Labute approximate surface area is 181 Å². The number of hydrogen-bond donors (Lipinski definition) is 1. The van der Waals surface area contributed by atoms with E-state index < -0.39 is 21.8 Å². The maximum atomic E-state index is 13.7. The van der Waals surface area contributed by atoms with Gasteiger partial charge in [0.05, 0.1) is 21.7 Å². The van der Waals surface area contributed by atoms with Gasteiger partial charge in [0.15, 0.2) is 0 Å². The van der Waals surface area contributed by atoms with Crippen molar-refractivity contribution in [3.63, 3.8) is 0 Å². The highest BCUT2D eigenvalue weighted by molar-refractivity contribution is 7.91. The zero-order valence-electron chi connectivity index (χ0n) is 16.9. The molecule has 1 aromatic heterocycles. The number of benzene rings is 1. The largest absolute Gasteiger partial charge is 0.480 e. The first kappa shape index (κ1) is 21.2. The van der Waals surface area contributed by atoms with E-state index in [4.69, 9.17) is 11.6 Å². The summed E-state index contributed by atoms with van der Waals surface area (Å²) in [5.74, 6) is -0.535. The first-order valence-corrected chi connectivity index (χ1v) is 12.3. The summed E-state index contributed by atoms with van der Waals surface area (Å²) in [4.78, 5) is 13.7. The molecule has 2 aromatic rings. The second-order valence-electron chi connectivity index (χ2n) is 8.10. The quantitative estimate of drug-likeness (QED) is 0.731. The van der Waals surface area contributed by atoms with Crippen molar-refractivity contribution in [3.05, 3.63) is 35.0 Å². The van der Waals surface area contributed by atoms with Gasteiger partial charge < -0.3 is 10.0 Å². The topological polar surface area (TPSA) is 92.5 Å². The first-order chi connectivity index (χ1) is 14.3. The van der Waals surface area contributed by atoms with Gasteiger partial charge in [-0.3, -0.25) is 0 Å². The fraction of sp³-hybridized carbons (Fsp3) is 0.524. The molecule has 0 bridgehead atoms. The normalized spacial score (nSPS) is 20.6. The smallest absolute Gasteiger partial charge is 0.326 e. The van der Waals surface area contributed by atoms with Crippen LogP contribution in [0.5, 0.6) is 0 Å². The van der Waals surface area contributed by atoms with Gasteiger partial charge in [0.1, 0.15) is 16.8 Å². The Morgan fingerprint density at radius 2 is 1.83 bits per heavy atom. The molecule has 9 heteroatoms. The first-order valence-electron chi connectivity index (χ1n) is 10.4. The zero-order valence-corrected chi connectivity index (χ0v) is 18.5. The van der Waals surface area contributed by atoms with Crippen LogP contribution in [0.3, 0.4) is 0 Å². The Balaban J connectivity index is 1.93. The van der Waals surface area contributed by atoms with Gasteiger partial charge in [-0.15, -0.1) is 0 Å². The van der Waals surface area contributed by atoms with Crippen LogP contribution >= 0.6 is 11.6 Å². The minimum Gasteiger partial charge on any atom is -0.480 e. The van der Waals surface area contributed by atoms with Crippen LogP contribution in [0, 0.1) is 6.92 Å². The molecule has 1 N–H and O–H groups in total. The molecule has 162 valence electrons. The standard InChI is InChI=1S/C21H26ClN3O4S/c1-14-19(30(28,29)18-12-6-5-10-16(18)22)20(24-13-7-11-17(24)21(26)27)25(23-14)15-8-3-2-4-9-15/h5-6,10,12,15,17H,2-4,7-9,11,13H2,1H3,(H,26,27). The second kappa shape index (κ2) is 8.23. The van der Waals surface area contributed by atoms with E-state index in [9.17, 15) is 18.3 Å². The average Bonchev–Trinajstić information content (AvgIpc) is 3.33. The van der Waals surface area contributed by atoms with Gasteiger partial charge in [-0.1, -0.05) is 43.0 Å². The van der Waals surface area contributed by atoms with Gasteiger partial charge in [0.25, 0.3) is 0 Å². The monoisotopic (exact) mass is 451 g/mol. The summed E-state index contributed by atoms with van der Waals surface area (Å²) in [6.07, 6.45) is 6.25. The number of aryl methyl sites for hydroxylation is 1. The van der Waals surface area contributed by atoms with Crippen LogP contribution in [0.1, 0.15) is 56.7 Å². The Bertz CT molecular complexity index is 1060. The number of nitrogens with zero attached hydrogens (tertiary/aromatic N) is 3. The number of aliphatic carboxylic acids is 1. The van der Waals surface area contributed by atoms with Gasteiger partial charge in [0.2, 0.25) is 9.84 Å². The Morgan fingerprint density at radius 1 is 1.13 bits per heavy atom. The predicted octanol–water partition coefficient (Wildman–Crippen LogP) is 4.24. The molecule has 1 aliphatic heterocycles. The lowest BCUT2D eigenvalue weighted by Gasteiger charge is -2.30. The highest BCUT2D eigenvalue weighted by atomic mass is 35.5. The molecule has 0 amide bonds. The number of aromatic nitrogens is 2. The molecule has 1 saturated carbocycles. The molecule has 1 atom stereocenters. The van der Waals surface area contributed by atoms with E-state index in [1.54, 1.807) is 34.7 Å². The Morgan fingerprint density at radius 3 is 2.50 bits per heavy atom. The van der Waals surface area contributed by atoms with Crippen molar-refractivity contribution >= 4 is 33.2 Å². The Hall–Kier alpha value is -2.06. The van der Waals surface area contributed by atoms with Gasteiger partial charge in [-0.05, 0) is 44.7 Å². The molecule has 2 aliphatic rings. The Kier molecular flexibility index (Phi) is 5.81. The molecule has 30 heavy (non-hydrogen) atoms. The lowest BCUT2D eigenvalue weighted by molar-refractivity contribution is -0.138. The van der Waals surface area contributed by atoms with Gasteiger partial charge in [0, 0.05) is 6.54 Å². The van der Waals surface area contributed by atoms with Gasteiger partial charge >= 0.3 is 5.97 Å². The minimum atomic E-state index is -3.99. The van der Waals surface area contributed by atoms with Crippen molar-refractivity contribution in [2.75, 3.05) is 11.4 Å². The lowest BCUT2D eigenvalue weighted by atomic mass is 9.96. The fourth-order valence-electron chi connectivity index (χ4n) is 4.73. The lowest BCUT2D eigenvalue weighted by Crippen LogP contribution is -2.38. The maximum Gasteiger partial charge on any atom is 0.326 e. The van der Waals surface area contributed by atoms with Crippen LogP contribution in [0.25, 0.3) is 0 Å². The van der Waals surface area contributed by atoms with E-state index in [0.717, 1.165) is 32.1 Å². The molecule has 0 spiro atoms. The third-order valence-corrected chi connectivity index (χ3v) is 8.52. The molecular weight excluding hydrogens is 426 g/mol. The van der Waals surface area contributed by atoms with Crippen molar-refractivity contribution in [3.8, 4) is 0 Å². The number of sulfone groups is 1. The van der Waals surface area contributed by atoms with Crippen LogP contribution in [-0.4, -0.2) is 41.9 Å². The van der Waals surface area contributed by atoms with Crippen molar-refractivity contribution in [1.29, 1.82) is 0 Å². The summed E-state index contributed by atoms with van der Waals surface area (Å²) in [6.45, 7) is 2.16. The van der Waals surface area contributed by atoms with Crippen molar-refractivity contribution in [1.82, 2.24) is 9.78 Å². The van der Waals surface area contributed by atoms with Gasteiger partial charge in [-0.2, -0.15) is 5.10 Å². The van der Waals surface area contributed by atoms with Crippen LogP contribution < -0.4 is 4.90 Å². The van der Waals surface area contributed by atoms with E-state index in [1.165, 1.54) is 6.07 Å². The average molecular weight is 452 g/mol. The van der Waals surface area contributed by atoms with E-state index in [1.807, 2.05) is 0 Å². The molecule has 1 unspecified atom stereocenters. The molecule has 2 fully saturated rings. The van der Waals surface area contributed by atoms with E-state index >= 15 is 0 Å². The van der Waals surface area contributed by atoms with Crippen LogP contribution in [0.15, 0.2) is 34.1 Å². The SMILES string of the molecule is Cc1nn(C2CCCCC2)c(N2CCCC2C(=O)O)c1S(=O)(=O)c1ccccc1Cl. The number of carbonyl (C=O) groups is 1. The van der Waals surface area contributed by atoms with Crippen LogP contribution in [-0.2, 0) is 14.6 Å². The van der Waals surface area contributed by atoms with E-state index in [-0.39, 0.29) is 20.9 Å². The minimum absolute atomic E-state index is 0.0188. The predicted molar refractivity (Wildman–Crippen MR) is 114 cm³/mol.